The SMILES string of the molecule is CS(=O)(=O)N1CCCN(C(=O)CCc2ccccc2N)CC1. The molecular formula is C15H23N3O3S. The van der Waals surface area contributed by atoms with Crippen LogP contribution in [-0.4, -0.2) is 56.0 Å². The minimum atomic E-state index is -3.18. The molecule has 1 amide bonds. The van der Waals surface area contributed by atoms with Crippen molar-refractivity contribution in [2.45, 2.75) is 19.3 Å². The highest BCUT2D eigenvalue weighted by Gasteiger charge is 2.23. The lowest BCUT2D eigenvalue weighted by atomic mass is 10.1. The largest absolute Gasteiger partial charge is 0.399 e. The summed E-state index contributed by atoms with van der Waals surface area (Å²) in [6, 6.07) is 7.54. The van der Waals surface area contributed by atoms with Crippen molar-refractivity contribution in [3.63, 3.8) is 0 Å². The molecule has 0 atom stereocenters. The first-order chi connectivity index (χ1) is 10.4. The van der Waals surface area contributed by atoms with Gasteiger partial charge in [-0.3, -0.25) is 4.79 Å². The van der Waals surface area contributed by atoms with Crippen LogP contribution < -0.4 is 5.73 Å². The van der Waals surface area contributed by atoms with Crippen molar-refractivity contribution in [3.8, 4) is 0 Å². The zero-order valence-electron chi connectivity index (χ0n) is 12.9. The van der Waals surface area contributed by atoms with Crippen LogP contribution in [0.3, 0.4) is 0 Å². The van der Waals surface area contributed by atoms with Crippen molar-refractivity contribution in [3.05, 3.63) is 29.8 Å². The zero-order valence-corrected chi connectivity index (χ0v) is 13.7. The number of hydrogen-bond donors (Lipinski definition) is 1. The molecule has 7 heteroatoms. The molecule has 0 saturated carbocycles. The lowest BCUT2D eigenvalue weighted by Gasteiger charge is -2.21. The van der Waals surface area contributed by atoms with E-state index in [-0.39, 0.29) is 5.91 Å². The molecule has 1 aromatic rings. The molecular weight excluding hydrogens is 302 g/mol. The van der Waals surface area contributed by atoms with Gasteiger partial charge in [0.15, 0.2) is 0 Å². The summed E-state index contributed by atoms with van der Waals surface area (Å²) in [4.78, 5) is 14.1. The molecule has 1 fully saturated rings. The summed E-state index contributed by atoms with van der Waals surface area (Å²) in [6.07, 6.45) is 2.89. The van der Waals surface area contributed by atoms with Gasteiger partial charge >= 0.3 is 0 Å². The highest BCUT2D eigenvalue weighted by molar-refractivity contribution is 7.88. The fourth-order valence-corrected chi connectivity index (χ4v) is 3.51. The molecule has 122 valence electrons. The number of hydrogen-bond acceptors (Lipinski definition) is 4. The lowest BCUT2D eigenvalue weighted by molar-refractivity contribution is -0.131. The second kappa shape index (κ2) is 7.11. The van der Waals surface area contributed by atoms with E-state index in [4.69, 9.17) is 5.73 Å². The van der Waals surface area contributed by atoms with Crippen LogP contribution in [0.2, 0.25) is 0 Å². The number of nitrogens with zero attached hydrogens (tertiary/aromatic N) is 2. The second-order valence-corrected chi connectivity index (χ2v) is 7.58. The molecule has 0 bridgehead atoms. The fraction of sp³-hybridized carbons (Fsp3) is 0.533. The molecule has 0 spiro atoms. The Labute approximate surface area is 131 Å². The van der Waals surface area contributed by atoms with E-state index in [1.165, 1.54) is 10.6 Å². The summed E-state index contributed by atoms with van der Waals surface area (Å²) in [7, 11) is -3.18. The second-order valence-electron chi connectivity index (χ2n) is 5.60. The number of sulfonamides is 1. The Morgan fingerprint density at radius 1 is 1.18 bits per heavy atom. The van der Waals surface area contributed by atoms with Crippen LogP contribution in [0.1, 0.15) is 18.4 Å². The summed E-state index contributed by atoms with van der Waals surface area (Å²) in [5.74, 6) is 0.0543. The van der Waals surface area contributed by atoms with Crippen molar-refractivity contribution in [1.82, 2.24) is 9.21 Å². The molecule has 22 heavy (non-hydrogen) atoms. The molecule has 0 unspecified atom stereocenters. The molecule has 0 aliphatic carbocycles. The third-order valence-corrected chi connectivity index (χ3v) is 5.24. The molecule has 1 aliphatic heterocycles. The van der Waals surface area contributed by atoms with E-state index >= 15 is 0 Å². The van der Waals surface area contributed by atoms with Gasteiger partial charge in [0, 0.05) is 38.3 Å². The van der Waals surface area contributed by atoms with Gasteiger partial charge in [0.1, 0.15) is 0 Å². The first-order valence-corrected chi connectivity index (χ1v) is 9.29. The van der Waals surface area contributed by atoms with E-state index < -0.39 is 10.0 Å². The molecule has 1 saturated heterocycles. The topological polar surface area (TPSA) is 83.7 Å². The van der Waals surface area contributed by atoms with E-state index in [0.717, 1.165) is 5.56 Å². The van der Waals surface area contributed by atoms with Crippen molar-refractivity contribution in [2.24, 2.45) is 0 Å². The summed E-state index contributed by atoms with van der Waals surface area (Å²) in [5, 5.41) is 0. The number of amides is 1. The van der Waals surface area contributed by atoms with Gasteiger partial charge in [-0.25, -0.2) is 12.7 Å². The van der Waals surface area contributed by atoms with Gasteiger partial charge in [-0.15, -0.1) is 0 Å². The standard InChI is InChI=1S/C15H23N3O3S/c1-22(20,21)18-10-4-9-17(11-12-18)15(19)8-7-13-5-2-3-6-14(13)16/h2-3,5-6H,4,7-12,16H2,1H3. The molecule has 2 rings (SSSR count). The number of carbonyl (C=O) groups is 1. The quantitative estimate of drug-likeness (QED) is 0.826. The number of aryl methyl sites for hydroxylation is 1. The lowest BCUT2D eigenvalue weighted by Crippen LogP contribution is -2.37. The molecule has 2 N–H and O–H groups in total. The zero-order chi connectivity index (χ0) is 16.2. The fourth-order valence-electron chi connectivity index (χ4n) is 2.64. The van der Waals surface area contributed by atoms with Crippen LogP contribution in [0, 0.1) is 0 Å². The van der Waals surface area contributed by atoms with Crippen LogP contribution >= 0.6 is 0 Å². The van der Waals surface area contributed by atoms with Crippen LogP contribution in [-0.2, 0) is 21.2 Å². The maximum Gasteiger partial charge on any atom is 0.222 e. The van der Waals surface area contributed by atoms with Gasteiger partial charge in [-0.1, -0.05) is 18.2 Å². The minimum absolute atomic E-state index is 0.0543. The van der Waals surface area contributed by atoms with Crippen LogP contribution in [0.4, 0.5) is 5.69 Å². The van der Waals surface area contributed by atoms with E-state index in [9.17, 15) is 13.2 Å². The Hall–Kier alpha value is -1.60. The third kappa shape index (κ3) is 4.45. The molecule has 0 aromatic heterocycles. The minimum Gasteiger partial charge on any atom is -0.399 e. The molecule has 0 radical (unpaired) electrons. The Morgan fingerprint density at radius 3 is 2.59 bits per heavy atom. The van der Waals surface area contributed by atoms with Crippen molar-refractivity contribution in [1.29, 1.82) is 0 Å². The Kier molecular flexibility index (Phi) is 5.42. The van der Waals surface area contributed by atoms with Crippen LogP contribution in [0.15, 0.2) is 24.3 Å². The summed E-state index contributed by atoms with van der Waals surface area (Å²) in [5.41, 5.74) is 7.56. The molecule has 1 aliphatic rings. The van der Waals surface area contributed by atoms with Gasteiger partial charge in [0.2, 0.25) is 15.9 Å². The predicted molar refractivity (Wildman–Crippen MR) is 86.8 cm³/mol. The van der Waals surface area contributed by atoms with Gasteiger partial charge in [0.25, 0.3) is 0 Å². The first-order valence-electron chi connectivity index (χ1n) is 7.44. The number of carbonyl (C=O) groups excluding carboxylic acids is 1. The number of nitrogen functional groups attached to an aromatic ring is 1. The van der Waals surface area contributed by atoms with E-state index in [2.05, 4.69) is 0 Å². The van der Waals surface area contributed by atoms with Gasteiger partial charge in [-0.2, -0.15) is 0 Å². The van der Waals surface area contributed by atoms with Gasteiger partial charge in [-0.05, 0) is 24.5 Å². The Bertz CT molecular complexity index is 631. The van der Waals surface area contributed by atoms with E-state index in [1.54, 1.807) is 4.90 Å². The third-order valence-electron chi connectivity index (χ3n) is 3.94. The highest BCUT2D eigenvalue weighted by atomic mass is 32.2. The highest BCUT2D eigenvalue weighted by Crippen LogP contribution is 2.14. The van der Waals surface area contributed by atoms with Crippen LogP contribution in [0.5, 0.6) is 0 Å². The molecule has 1 heterocycles. The Balaban J connectivity index is 1.89. The maximum atomic E-state index is 12.3. The first kappa shape index (κ1) is 16.8. The number of benzene rings is 1. The maximum absolute atomic E-state index is 12.3. The van der Waals surface area contributed by atoms with Gasteiger partial charge < -0.3 is 10.6 Å². The smallest absolute Gasteiger partial charge is 0.222 e. The molecule has 1 aromatic carbocycles. The van der Waals surface area contributed by atoms with Crippen LogP contribution in [0.25, 0.3) is 0 Å². The van der Waals surface area contributed by atoms with Crippen molar-refractivity contribution < 1.29 is 13.2 Å². The number of anilines is 1. The number of rotatable bonds is 4. The molecule has 6 nitrogen and oxygen atoms in total. The van der Waals surface area contributed by atoms with Gasteiger partial charge in [0.05, 0.1) is 6.26 Å². The average molecular weight is 325 g/mol. The summed E-state index contributed by atoms with van der Waals surface area (Å²) >= 11 is 0. The van der Waals surface area contributed by atoms with Crippen molar-refractivity contribution >= 4 is 21.6 Å². The number of para-hydroxylation sites is 1. The average Bonchev–Trinajstić information content (AvgIpc) is 2.71. The Morgan fingerprint density at radius 2 is 1.91 bits per heavy atom. The monoisotopic (exact) mass is 325 g/mol. The van der Waals surface area contributed by atoms with E-state index in [0.29, 0.717) is 51.1 Å². The predicted octanol–water partition coefficient (Wildman–Crippen LogP) is 0.695. The normalized spacial score (nSPS) is 17.2. The van der Waals surface area contributed by atoms with Crippen molar-refractivity contribution in [2.75, 3.05) is 38.2 Å². The van der Waals surface area contributed by atoms with E-state index in [1.807, 2.05) is 24.3 Å². The summed E-state index contributed by atoms with van der Waals surface area (Å²) in [6.45, 7) is 1.91. The number of nitrogens with two attached hydrogens (primary N) is 1. The summed E-state index contributed by atoms with van der Waals surface area (Å²) < 4.78 is 24.6.